The normalized spacial score (nSPS) is 13.2. The van der Waals surface area contributed by atoms with Gasteiger partial charge in [-0.25, -0.2) is 0 Å². The van der Waals surface area contributed by atoms with E-state index in [4.69, 9.17) is 12.2 Å². The van der Waals surface area contributed by atoms with E-state index in [1.54, 1.807) is 24.3 Å². The summed E-state index contributed by atoms with van der Waals surface area (Å²) in [6, 6.07) is 6.71. The average molecular weight is 306 g/mol. The number of hydrazine groups is 1. The van der Waals surface area contributed by atoms with Crippen LogP contribution in [-0.2, 0) is 4.79 Å². The van der Waals surface area contributed by atoms with Crippen LogP contribution in [0.15, 0.2) is 24.3 Å². The standard InChI is InChI=1S/C14H18N4O2S/c1-2-15-14(21)18-17-13(20)10-5-7-11(8-6-10)16-12(19)9-3-4-9/h5-9H,2-4H2,1H3,(H,16,19)(H,17,20)(H2,15,18,21). The maximum absolute atomic E-state index is 11.9. The van der Waals surface area contributed by atoms with Crippen molar-refractivity contribution in [3.8, 4) is 0 Å². The Bertz CT molecular complexity index is 540. The summed E-state index contributed by atoms with van der Waals surface area (Å²) in [5.74, 6) is -0.0931. The number of rotatable bonds is 4. The zero-order valence-corrected chi connectivity index (χ0v) is 12.5. The molecule has 7 heteroatoms. The van der Waals surface area contributed by atoms with E-state index < -0.39 is 0 Å². The number of hydrogen-bond donors (Lipinski definition) is 4. The van der Waals surface area contributed by atoms with Crippen molar-refractivity contribution in [1.29, 1.82) is 0 Å². The van der Waals surface area contributed by atoms with E-state index in [2.05, 4.69) is 21.5 Å². The Hall–Kier alpha value is -2.15. The molecule has 21 heavy (non-hydrogen) atoms. The lowest BCUT2D eigenvalue weighted by Gasteiger charge is -2.10. The van der Waals surface area contributed by atoms with Crippen LogP contribution in [0.2, 0.25) is 0 Å². The van der Waals surface area contributed by atoms with Crippen molar-refractivity contribution in [2.24, 2.45) is 5.92 Å². The van der Waals surface area contributed by atoms with Crippen LogP contribution < -0.4 is 21.5 Å². The summed E-state index contributed by atoms with van der Waals surface area (Å²) in [6.45, 7) is 2.58. The molecule has 0 aliphatic heterocycles. The van der Waals surface area contributed by atoms with Gasteiger partial charge in [0.2, 0.25) is 5.91 Å². The summed E-state index contributed by atoms with van der Waals surface area (Å²) in [7, 11) is 0. The first kappa shape index (κ1) is 15.2. The van der Waals surface area contributed by atoms with Gasteiger partial charge in [0, 0.05) is 23.7 Å². The lowest BCUT2D eigenvalue weighted by atomic mass is 10.2. The minimum atomic E-state index is -0.296. The predicted molar refractivity (Wildman–Crippen MR) is 84.7 cm³/mol. The fraction of sp³-hybridized carbons (Fsp3) is 0.357. The highest BCUT2D eigenvalue weighted by molar-refractivity contribution is 7.80. The van der Waals surface area contributed by atoms with Crippen LogP contribution in [0.1, 0.15) is 30.1 Å². The molecular formula is C14H18N4O2S. The number of anilines is 1. The SMILES string of the molecule is CCNC(=S)NNC(=O)c1ccc(NC(=O)C2CC2)cc1. The Morgan fingerprint density at radius 1 is 1.19 bits per heavy atom. The molecule has 2 rings (SSSR count). The second-order valence-electron chi connectivity index (χ2n) is 4.78. The predicted octanol–water partition coefficient (Wildman–Crippen LogP) is 1.16. The fourth-order valence-electron chi connectivity index (χ4n) is 1.69. The summed E-state index contributed by atoms with van der Waals surface area (Å²) < 4.78 is 0. The first-order valence-electron chi connectivity index (χ1n) is 6.85. The molecule has 112 valence electrons. The molecular weight excluding hydrogens is 288 g/mol. The Kier molecular flexibility index (Phi) is 5.10. The van der Waals surface area contributed by atoms with Gasteiger partial charge in [0.25, 0.3) is 5.91 Å². The van der Waals surface area contributed by atoms with Crippen molar-refractivity contribution in [3.05, 3.63) is 29.8 Å². The van der Waals surface area contributed by atoms with E-state index in [1.165, 1.54) is 0 Å². The van der Waals surface area contributed by atoms with E-state index >= 15 is 0 Å². The monoisotopic (exact) mass is 306 g/mol. The molecule has 0 unspecified atom stereocenters. The molecule has 0 heterocycles. The fourth-order valence-corrected chi connectivity index (χ4v) is 1.88. The molecule has 0 bridgehead atoms. The summed E-state index contributed by atoms with van der Waals surface area (Å²) in [5, 5.41) is 6.04. The summed E-state index contributed by atoms with van der Waals surface area (Å²) in [6.07, 6.45) is 1.92. The lowest BCUT2D eigenvalue weighted by molar-refractivity contribution is -0.117. The van der Waals surface area contributed by atoms with E-state index in [9.17, 15) is 9.59 Å². The lowest BCUT2D eigenvalue weighted by Crippen LogP contribution is -2.46. The Morgan fingerprint density at radius 2 is 1.86 bits per heavy atom. The van der Waals surface area contributed by atoms with Crippen LogP contribution in [0.25, 0.3) is 0 Å². The maximum Gasteiger partial charge on any atom is 0.269 e. The number of amides is 2. The van der Waals surface area contributed by atoms with Gasteiger partial charge in [-0.15, -0.1) is 0 Å². The van der Waals surface area contributed by atoms with E-state index in [-0.39, 0.29) is 17.7 Å². The highest BCUT2D eigenvalue weighted by Crippen LogP contribution is 2.30. The number of benzene rings is 1. The molecule has 4 N–H and O–H groups in total. The molecule has 0 radical (unpaired) electrons. The number of carbonyl (C=O) groups is 2. The molecule has 1 aliphatic carbocycles. The van der Waals surface area contributed by atoms with Gasteiger partial charge in [0.1, 0.15) is 0 Å². The van der Waals surface area contributed by atoms with Crippen molar-refractivity contribution in [3.63, 3.8) is 0 Å². The molecule has 0 saturated heterocycles. The molecule has 0 aromatic heterocycles. The third-order valence-electron chi connectivity index (χ3n) is 2.99. The Labute approximate surface area is 128 Å². The molecule has 1 aromatic carbocycles. The van der Waals surface area contributed by atoms with Crippen LogP contribution in [-0.4, -0.2) is 23.5 Å². The van der Waals surface area contributed by atoms with Crippen molar-refractivity contribution >= 4 is 34.8 Å². The molecule has 1 saturated carbocycles. The zero-order valence-electron chi connectivity index (χ0n) is 11.7. The molecule has 1 fully saturated rings. The van der Waals surface area contributed by atoms with Crippen LogP contribution in [0.3, 0.4) is 0 Å². The van der Waals surface area contributed by atoms with Gasteiger partial charge in [0.05, 0.1) is 0 Å². The van der Waals surface area contributed by atoms with Gasteiger partial charge in [-0.3, -0.25) is 20.4 Å². The Balaban J connectivity index is 1.84. The van der Waals surface area contributed by atoms with Gasteiger partial charge in [-0.1, -0.05) is 0 Å². The number of carbonyl (C=O) groups excluding carboxylic acids is 2. The highest BCUT2D eigenvalue weighted by atomic mass is 32.1. The second-order valence-corrected chi connectivity index (χ2v) is 5.19. The summed E-state index contributed by atoms with van der Waals surface area (Å²) >= 11 is 4.94. The van der Waals surface area contributed by atoms with E-state index in [1.807, 2.05) is 6.92 Å². The minimum absolute atomic E-state index is 0.0462. The summed E-state index contributed by atoms with van der Waals surface area (Å²) in [4.78, 5) is 23.5. The first-order valence-corrected chi connectivity index (χ1v) is 7.26. The van der Waals surface area contributed by atoms with Gasteiger partial charge in [-0.2, -0.15) is 0 Å². The molecule has 1 aromatic rings. The van der Waals surface area contributed by atoms with Crippen LogP contribution in [0.5, 0.6) is 0 Å². The van der Waals surface area contributed by atoms with E-state index in [0.29, 0.717) is 22.9 Å². The van der Waals surface area contributed by atoms with Crippen LogP contribution in [0, 0.1) is 5.92 Å². The Morgan fingerprint density at radius 3 is 2.43 bits per heavy atom. The van der Waals surface area contributed by atoms with Crippen LogP contribution >= 0.6 is 12.2 Å². The van der Waals surface area contributed by atoms with Gasteiger partial charge >= 0.3 is 0 Å². The average Bonchev–Trinajstić information content (AvgIpc) is 3.30. The first-order chi connectivity index (χ1) is 10.1. The number of nitrogens with one attached hydrogen (secondary N) is 4. The summed E-state index contributed by atoms with van der Waals surface area (Å²) in [5.41, 5.74) is 6.27. The quantitative estimate of drug-likeness (QED) is 0.496. The second kappa shape index (κ2) is 7.03. The van der Waals surface area contributed by atoms with Crippen molar-refractivity contribution in [1.82, 2.24) is 16.2 Å². The van der Waals surface area contributed by atoms with Crippen molar-refractivity contribution < 1.29 is 9.59 Å². The van der Waals surface area contributed by atoms with Crippen molar-refractivity contribution in [2.75, 3.05) is 11.9 Å². The third-order valence-corrected chi connectivity index (χ3v) is 3.24. The number of thiocarbonyl (C=S) groups is 1. The molecule has 2 amide bonds. The van der Waals surface area contributed by atoms with Gasteiger partial charge in [-0.05, 0) is 56.2 Å². The number of hydrogen-bond acceptors (Lipinski definition) is 3. The molecule has 0 atom stereocenters. The van der Waals surface area contributed by atoms with Gasteiger partial charge < -0.3 is 10.6 Å². The van der Waals surface area contributed by atoms with Crippen molar-refractivity contribution in [2.45, 2.75) is 19.8 Å². The molecule has 1 aliphatic rings. The van der Waals surface area contributed by atoms with E-state index in [0.717, 1.165) is 12.8 Å². The molecule has 0 spiro atoms. The highest BCUT2D eigenvalue weighted by Gasteiger charge is 2.29. The maximum atomic E-state index is 11.9. The van der Waals surface area contributed by atoms with Crippen LogP contribution in [0.4, 0.5) is 5.69 Å². The largest absolute Gasteiger partial charge is 0.362 e. The topological polar surface area (TPSA) is 82.3 Å². The smallest absolute Gasteiger partial charge is 0.269 e. The molecule has 6 nitrogen and oxygen atoms in total. The minimum Gasteiger partial charge on any atom is -0.362 e. The zero-order chi connectivity index (χ0) is 15.2. The third kappa shape index (κ3) is 4.71. The van der Waals surface area contributed by atoms with Gasteiger partial charge in [0.15, 0.2) is 5.11 Å².